The van der Waals surface area contributed by atoms with E-state index in [2.05, 4.69) is 22.1 Å². The number of carboxylic acid groups (broad SMARTS) is 1. The number of aromatic nitrogens is 5. The molecule has 3 heterocycles. The van der Waals surface area contributed by atoms with E-state index < -0.39 is 5.97 Å². The number of hydrogen-bond donors (Lipinski definition) is 1. The highest BCUT2D eigenvalue weighted by atomic mass is 16.4. The SMILES string of the molecule is Cc1cc(-n2cc(C(=O)O)c(N(C(=O)[C@H]3CC[C@H](C)CC3)C(C)C)n2)ccc1-c1cc2ncccn2n1. The van der Waals surface area contributed by atoms with Gasteiger partial charge in [0.05, 0.1) is 11.4 Å². The fourth-order valence-corrected chi connectivity index (χ4v) is 5.17. The Morgan fingerprint density at radius 2 is 1.86 bits per heavy atom. The van der Waals surface area contributed by atoms with Gasteiger partial charge in [0.25, 0.3) is 0 Å². The third kappa shape index (κ3) is 4.73. The molecule has 0 radical (unpaired) electrons. The molecule has 0 bridgehead atoms. The molecule has 3 aromatic heterocycles. The number of fused-ring (bicyclic) bond motifs is 1. The molecule has 1 aliphatic rings. The van der Waals surface area contributed by atoms with Crippen molar-refractivity contribution >= 4 is 23.3 Å². The number of hydrogen-bond acceptors (Lipinski definition) is 5. The average Bonchev–Trinajstić information content (AvgIpc) is 3.49. The molecule has 0 spiro atoms. The number of anilines is 1. The highest BCUT2D eigenvalue weighted by Crippen LogP contribution is 2.33. The lowest BCUT2D eigenvalue weighted by Crippen LogP contribution is -2.43. The normalized spacial score (nSPS) is 17.9. The topological polar surface area (TPSA) is 106 Å². The Balaban J connectivity index is 1.49. The summed E-state index contributed by atoms with van der Waals surface area (Å²) in [5.41, 5.74) is 4.19. The van der Waals surface area contributed by atoms with Gasteiger partial charge in [0.2, 0.25) is 5.91 Å². The van der Waals surface area contributed by atoms with Crippen molar-refractivity contribution in [3.8, 4) is 16.9 Å². The second kappa shape index (κ2) is 9.80. The molecule has 5 rings (SSSR count). The minimum absolute atomic E-state index is 0.0133. The molecule has 0 aliphatic heterocycles. The average molecular weight is 501 g/mol. The third-order valence-electron chi connectivity index (χ3n) is 7.26. The predicted molar refractivity (Wildman–Crippen MR) is 141 cm³/mol. The van der Waals surface area contributed by atoms with Gasteiger partial charge < -0.3 is 5.11 Å². The van der Waals surface area contributed by atoms with Crippen molar-refractivity contribution in [2.24, 2.45) is 11.8 Å². The number of aromatic carboxylic acids is 1. The van der Waals surface area contributed by atoms with Gasteiger partial charge in [0, 0.05) is 42.2 Å². The van der Waals surface area contributed by atoms with Gasteiger partial charge >= 0.3 is 5.97 Å². The van der Waals surface area contributed by atoms with Crippen LogP contribution in [0.3, 0.4) is 0 Å². The summed E-state index contributed by atoms with van der Waals surface area (Å²) in [5.74, 6) is -0.441. The Morgan fingerprint density at radius 3 is 2.51 bits per heavy atom. The van der Waals surface area contributed by atoms with Crippen LogP contribution in [-0.4, -0.2) is 47.4 Å². The van der Waals surface area contributed by atoms with E-state index >= 15 is 0 Å². The molecule has 0 atom stereocenters. The summed E-state index contributed by atoms with van der Waals surface area (Å²) in [6, 6.07) is 9.30. The summed E-state index contributed by atoms with van der Waals surface area (Å²) in [6.45, 7) is 7.99. The fourth-order valence-electron chi connectivity index (χ4n) is 5.17. The summed E-state index contributed by atoms with van der Waals surface area (Å²) in [4.78, 5) is 31.7. The van der Waals surface area contributed by atoms with E-state index in [1.54, 1.807) is 20.3 Å². The lowest BCUT2D eigenvalue weighted by atomic mass is 9.82. The van der Waals surface area contributed by atoms with E-state index in [9.17, 15) is 14.7 Å². The lowest BCUT2D eigenvalue weighted by Gasteiger charge is -2.32. The van der Waals surface area contributed by atoms with E-state index in [1.165, 1.54) is 6.20 Å². The van der Waals surface area contributed by atoms with Gasteiger partial charge in [-0.25, -0.2) is 19.0 Å². The van der Waals surface area contributed by atoms with Gasteiger partial charge in [-0.05, 0) is 76.1 Å². The van der Waals surface area contributed by atoms with Gasteiger partial charge in [0.15, 0.2) is 11.5 Å². The highest BCUT2D eigenvalue weighted by molar-refractivity contribution is 6.01. The van der Waals surface area contributed by atoms with Crippen LogP contribution >= 0.6 is 0 Å². The molecule has 9 nitrogen and oxygen atoms in total. The first-order valence-corrected chi connectivity index (χ1v) is 12.8. The van der Waals surface area contributed by atoms with Crippen LogP contribution in [0.25, 0.3) is 22.6 Å². The van der Waals surface area contributed by atoms with Crippen molar-refractivity contribution in [1.82, 2.24) is 24.4 Å². The fraction of sp³-hybridized carbons (Fsp3) is 0.393. The van der Waals surface area contributed by atoms with Crippen molar-refractivity contribution in [1.29, 1.82) is 0 Å². The van der Waals surface area contributed by atoms with Gasteiger partial charge in [-0.2, -0.15) is 5.10 Å². The Labute approximate surface area is 215 Å². The zero-order valence-corrected chi connectivity index (χ0v) is 21.6. The first-order chi connectivity index (χ1) is 17.7. The van der Waals surface area contributed by atoms with Crippen molar-refractivity contribution in [2.75, 3.05) is 4.90 Å². The number of amides is 1. The molecule has 4 aromatic rings. The van der Waals surface area contributed by atoms with Crippen molar-refractivity contribution in [3.05, 3.63) is 60.0 Å². The third-order valence-corrected chi connectivity index (χ3v) is 7.26. The number of aryl methyl sites for hydroxylation is 1. The molecule has 0 saturated heterocycles. The summed E-state index contributed by atoms with van der Waals surface area (Å²) in [7, 11) is 0. The van der Waals surface area contributed by atoms with Gasteiger partial charge in [-0.15, -0.1) is 5.10 Å². The van der Waals surface area contributed by atoms with Crippen LogP contribution in [0.15, 0.2) is 48.9 Å². The summed E-state index contributed by atoms with van der Waals surface area (Å²) >= 11 is 0. The molecule has 1 amide bonds. The molecule has 37 heavy (non-hydrogen) atoms. The Kier molecular flexibility index (Phi) is 6.54. The molecule has 1 N–H and O–H groups in total. The van der Waals surface area contributed by atoms with Crippen molar-refractivity contribution < 1.29 is 14.7 Å². The van der Waals surface area contributed by atoms with Crippen LogP contribution in [-0.2, 0) is 4.79 Å². The number of carboxylic acids is 1. The van der Waals surface area contributed by atoms with Gasteiger partial charge in [-0.3, -0.25) is 9.69 Å². The van der Waals surface area contributed by atoms with Crippen molar-refractivity contribution in [3.63, 3.8) is 0 Å². The van der Waals surface area contributed by atoms with Crippen LogP contribution in [0.5, 0.6) is 0 Å². The van der Waals surface area contributed by atoms with Crippen molar-refractivity contribution in [2.45, 2.75) is 59.4 Å². The Bertz CT molecular complexity index is 1430. The van der Waals surface area contributed by atoms with E-state index in [4.69, 9.17) is 0 Å². The largest absolute Gasteiger partial charge is 0.477 e. The standard InChI is InChI=1S/C28H32N6O3/c1-17(2)34(27(35)20-8-6-18(3)7-9-20)26-23(28(36)37)16-33(31-26)21-10-11-22(19(4)14-21)24-15-25-29-12-5-13-32(25)30-24/h5,10-18,20H,6-9H2,1-4H3,(H,36,37)/t18-,20-. The minimum Gasteiger partial charge on any atom is -0.477 e. The molecule has 1 fully saturated rings. The molecule has 1 aromatic carbocycles. The summed E-state index contributed by atoms with van der Waals surface area (Å²) < 4.78 is 3.28. The molecular formula is C28H32N6O3. The maximum atomic E-state index is 13.6. The predicted octanol–water partition coefficient (Wildman–Crippen LogP) is 5.16. The van der Waals surface area contributed by atoms with Gasteiger partial charge in [-0.1, -0.05) is 13.0 Å². The molecular weight excluding hydrogens is 468 g/mol. The molecule has 192 valence electrons. The first kappa shape index (κ1) is 24.7. The first-order valence-electron chi connectivity index (χ1n) is 12.8. The van der Waals surface area contributed by atoms with E-state index in [0.717, 1.165) is 48.2 Å². The number of benzene rings is 1. The quantitative estimate of drug-likeness (QED) is 0.392. The zero-order valence-electron chi connectivity index (χ0n) is 21.6. The van der Waals surface area contributed by atoms with E-state index in [0.29, 0.717) is 11.6 Å². The Hall–Kier alpha value is -4.01. The molecule has 9 heteroatoms. The summed E-state index contributed by atoms with van der Waals surface area (Å²) in [5, 5.41) is 19.2. The number of nitrogens with zero attached hydrogens (tertiary/aromatic N) is 6. The number of rotatable bonds is 6. The number of carbonyl (C=O) groups excluding carboxylic acids is 1. The monoisotopic (exact) mass is 500 g/mol. The molecule has 1 saturated carbocycles. The highest BCUT2D eigenvalue weighted by Gasteiger charge is 2.34. The molecule has 1 aliphatic carbocycles. The van der Waals surface area contributed by atoms with Crippen LogP contribution in [0.4, 0.5) is 5.82 Å². The van der Waals surface area contributed by atoms with Crippen LogP contribution < -0.4 is 4.90 Å². The maximum Gasteiger partial charge on any atom is 0.341 e. The molecule has 0 unspecified atom stereocenters. The maximum absolute atomic E-state index is 13.6. The second-order valence-corrected chi connectivity index (χ2v) is 10.3. The van der Waals surface area contributed by atoms with Gasteiger partial charge in [0.1, 0.15) is 5.56 Å². The zero-order chi connectivity index (χ0) is 26.3. The van der Waals surface area contributed by atoms with Crippen LogP contribution in [0, 0.1) is 18.8 Å². The van der Waals surface area contributed by atoms with Crippen LogP contribution in [0.1, 0.15) is 62.4 Å². The summed E-state index contributed by atoms with van der Waals surface area (Å²) in [6.07, 6.45) is 8.74. The van der Waals surface area contributed by atoms with E-state index in [1.807, 2.05) is 57.3 Å². The lowest BCUT2D eigenvalue weighted by molar-refractivity contribution is -0.124. The van der Waals surface area contributed by atoms with Crippen LogP contribution in [0.2, 0.25) is 0 Å². The Morgan fingerprint density at radius 1 is 1.11 bits per heavy atom. The van der Waals surface area contributed by atoms with E-state index in [-0.39, 0.29) is 29.2 Å². The smallest absolute Gasteiger partial charge is 0.341 e. The minimum atomic E-state index is -1.11. The second-order valence-electron chi connectivity index (χ2n) is 10.3. The number of carbonyl (C=O) groups is 2.